The summed E-state index contributed by atoms with van der Waals surface area (Å²) in [6.45, 7) is -0.498. The minimum absolute atomic E-state index is 0.125. The topological polar surface area (TPSA) is 54.0 Å². The zero-order chi connectivity index (χ0) is 20.7. The molecule has 150 valence electrons. The van der Waals surface area contributed by atoms with Gasteiger partial charge in [0.2, 0.25) is 0 Å². The molecular formula is C20H19F3O5. The molecule has 5 nitrogen and oxygen atoms in total. The van der Waals surface area contributed by atoms with E-state index in [1.165, 1.54) is 45.6 Å². The second-order valence-electron chi connectivity index (χ2n) is 5.55. The molecule has 0 heterocycles. The van der Waals surface area contributed by atoms with Crippen LogP contribution in [0, 0.1) is 0 Å². The number of esters is 1. The number of carbonyl (C=O) groups is 1. The maximum absolute atomic E-state index is 13.0. The van der Waals surface area contributed by atoms with Gasteiger partial charge in [0.05, 0.1) is 26.9 Å². The van der Waals surface area contributed by atoms with Gasteiger partial charge in [-0.25, -0.2) is 4.79 Å². The Balaban J connectivity index is 2.13. The van der Waals surface area contributed by atoms with Crippen molar-refractivity contribution in [2.45, 2.75) is 12.8 Å². The van der Waals surface area contributed by atoms with Crippen LogP contribution in [0.2, 0.25) is 0 Å². The molecule has 28 heavy (non-hydrogen) atoms. The molecule has 0 atom stereocenters. The summed E-state index contributed by atoms with van der Waals surface area (Å²) >= 11 is 0. The summed E-state index contributed by atoms with van der Waals surface area (Å²) in [6.07, 6.45) is -2.01. The molecule has 0 fully saturated rings. The summed E-state index contributed by atoms with van der Waals surface area (Å²) in [5, 5.41) is 0. The van der Waals surface area contributed by atoms with Gasteiger partial charge in [-0.3, -0.25) is 0 Å². The van der Waals surface area contributed by atoms with Crippen molar-refractivity contribution in [2.24, 2.45) is 0 Å². The van der Waals surface area contributed by atoms with Gasteiger partial charge in [0, 0.05) is 23.3 Å². The molecule has 0 aliphatic carbocycles. The molecule has 0 aliphatic heterocycles. The number of hydrogen-bond donors (Lipinski definition) is 0. The number of rotatable bonds is 7. The number of ether oxygens (including phenoxy) is 4. The van der Waals surface area contributed by atoms with Gasteiger partial charge in [-0.05, 0) is 18.2 Å². The zero-order valence-electron chi connectivity index (χ0n) is 15.5. The first-order chi connectivity index (χ1) is 13.3. The molecule has 0 saturated heterocycles. The largest absolute Gasteiger partial charge is 0.496 e. The van der Waals surface area contributed by atoms with E-state index in [0.717, 1.165) is 12.1 Å². The van der Waals surface area contributed by atoms with Crippen molar-refractivity contribution in [3.8, 4) is 17.2 Å². The average Bonchev–Trinajstić information content (AvgIpc) is 2.69. The first-order valence-corrected chi connectivity index (χ1v) is 8.10. The summed E-state index contributed by atoms with van der Waals surface area (Å²) in [4.78, 5) is 11.9. The maximum Gasteiger partial charge on any atom is 0.416 e. The quantitative estimate of drug-likeness (QED) is 0.510. The van der Waals surface area contributed by atoms with Gasteiger partial charge in [-0.15, -0.1) is 0 Å². The molecule has 2 aromatic rings. The Morgan fingerprint density at radius 2 is 1.57 bits per heavy atom. The lowest BCUT2D eigenvalue weighted by Crippen LogP contribution is -2.11. The minimum Gasteiger partial charge on any atom is -0.496 e. The van der Waals surface area contributed by atoms with E-state index >= 15 is 0 Å². The predicted molar refractivity (Wildman–Crippen MR) is 96.4 cm³/mol. The van der Waals surface area contributed by atoms with Gasteiger partial charge in [0.1, 0.15) is 12.4 Å². The Kier molecular flexibility index (Phi) is 6.92. The van der Waals surface area contributed by atoms with E-state index in [4.69, 9.17) is 18.9 Å². The third kappa shape index (κ3) is 5.18. The maximum atomic E-state index is 13.0. The highest BCUT2D eigenvalue weighted by atomic mass is 19.4. The van der Waals surface area contributed by atoms with Crippen molar-refractivity contribution < 1.29 is 36.9 Å². The molecule has 0 unspecified atom stereocenters. The number of hydrogen-bond acceptors (Lipinski definition) is 5. The molecule has 2 rings (SSSR count). The fourth-order valence-corrected chi connectivity index (χ4v) is 2.46. The van der Waals surface area contributed by atoms with E-state index in [2.05, 4.69) is 0 Å². The van der Waals surface area contributed by atoms with Crippen molar-refractivity contribution in [3.05, 3.63) is 59.2 Å². The lowest BCUT2D eigenvalue weighted by Gasteiger charge is -2.12. The van der Waals surface area contributed by atoms with Crippen molar-refractivity contribution in [1.82, 2.24) is 0 Å². The molecule has 0 spiro atoms. The lowest BCUT2D eigenvalue weighted by molar-refractivity contribution is -0.143. The van der Waals surface area contributed by atoms with Crippen LogP contribution in [-0.2, 0) is 22.3 Å². The Morgan fingerprint density at radius 1 is 0.964 bits per heavy atom. The summed E-state index contributed by atoms with van der Waals surface area (Å²) in [7, 11) is 4.39. The number of halogens is 3. The summed E-state index contributed by atoms with van der Waals surface area (Å²) in [5.41, 5.74) is -0.457. The number of alkyl halides is 3. The lowest BCUT2D eigenvalue weighted by atomic mass is 10.1. The molecule has 0 aromatic heterocycles. The summed E-state index contributed by atoms with van der Waals surface area (Å²) in [6, 6.07) is 8.11. The molecule has 8 heteroatoms. The standard InChI is InChI=1S/C20H19F3O5/c1-25-16-11-18(27-3)17(26-2)10-13(16)8-9-19(24)28-12-14-6-4-5-7-15(14)20(21,22)23/h4-11H,12H2,1-3H3/b9-8+. The van der Waals surface area contributed by atoms with Crippen molar-refractivity contribution >= 4 is 12.0 Å². The van der Waals surface area contributed by atoms with E-state index in [1.807, 2.05) is 0 Å². The highest BCUT2D eigenvalue weighted by molar-refractivity contribution is 5.87. The van der Waals surface area contributed by atoms with Crippen molar-refractivity contribution in [2.75, 3.05) is 21.3 Å². The predicted octanol–water partition coefficient (Wildman–Crippen LogP) is 4.49. The van der Waals surface area contributed by atoms with Crippen molar-refractivity contribution in [3.63, 3.8) is 0 Å². The van der Waals surface area contributed by atoms with Gasteiger partial charge >= 0.3 is 12.1 Å². The van der Waals surface area contributed by atoms with Crippen LogP contribution in [0.25, 0.3) is 6.08 Å². The van der Waals surface area contributed by atoms with E-state index in [-0.39, 0.29) is 5.56 Å². The third-order valence-electron chi connectivity index (χ3n) is 3.83. The second kappa shape index (κ2) is 9.16. The first-order valence-electron chi connectivity index (χ1n) is 8.10. The van der Waals surface area contributed by atoms with Gasteiger partial charge in [-0.2, -0.15) is 13.2 Å². The number of methoxy groups -OCH3 is 3. The molecular weight excluding hydrogens is 377 g/mol. The molecule has 2 aromatic carbocycles. The van der Waals surface area contributed by atoms with Gasteiger partial charge in [0.25, 0.3) is 0 Å². The zero-order valence-corrected chi connectivity index (χ0v) is 15.5. The molecule has 0 radical (unpaired) electrons. The highest BCUT2D eigenvalue weighted by Crippen LogP contribution is 2.35. The number of carbonyl (C=O) groups excluding carboxylic acids is 1. The highest BCUT2D eigenvalue weighted by Gasteiger charge is 2.33. The van der Waals surface area contributed by atoms with E-state index in [9.17, 15) is 18.0 Å². The monoisotopic (exact) mass is 396 g/mol. The van der Waals surface area contributed by atoms with Crippen LogP contribution in [-0.4, -0.2) is 27.3 Å². The third-order valence-corrected chi connectivity index (χ3v) is 3.83. The molecule has 0 N–H and O–H groups in total. The van der Waals surface area contributed by atoms with Crippen LogP contribution < -0.4 is 14.2 Å². The van der Waals surface area contributed by atoms with E-state index < -0.39 is 24.3 Å². The summed E-state index contributed by atoms with van der Waals surface area (Å²) < 4.78 is 59.5. The second-order valence-corrected chi connectivity index (χ2v) is 5.55. The molecule has 0 aliphatic rings. The number of benzene rings is 2. The van der Waals surface area contributed by atoms with Crippen LogP contribution in [0.15, 0.2) is 42.5 Å². The Bertz CT molecular complexity index is 859. The van der Waals surface area contributed by atoms with Crippen LogP contribution in [0.3, 0.4) is 0 Å². The van der Waals surface area contributed by atoms with Gasteiger partial charge in [0.15, 0.2) is 11.5 Å². The van der Waals surface area contributed by atoms with Crippen LogP contribution in [0.1, 0.15) is 16.7 Å². The van der Waals surface area contributed by atoms with Crippen LogP contribution in [0.4, 0.5) is 13.2 Å². The van der Waals surface area contributed by atoms with Crippen LogP contribution in [0.5, 0.6) is 17.2 Å². The van der Waals surface area contributed by atoms with Gasteiger partial charge < -0.3 is 18.9 Å². The Morgan fingerprint density at radius 3 is 2.18 bits per heavy atom. The average molecular weight is 396 g/mol. The van der Waals surface area contributed by atoms with Crippen molar-refractivity contribution in [1.29, 1.82) is 0 Å². The normalized spacial score (nSPS) is 11.4. The Hall–Kier alpha value is -3.16. The molecule has 0 bridgehead atoms. The SMILES string of the molecule is COc1cc(OC)c(OC)cc1/C=C/C(=O)OCc1ccccc1C(F)(F)F. The fraction of sp³-hybridized carbons (Fsp3) is 0.250. The minimum atomic E-state index is -4.52. The molecule has 0 saturated carbocycles. The Labute approximate surface area is 160 Å². The fourth-order valence-electron chi connectivity index (χ4n) is 2.46. The summed E-state index contributed by atoms with van der Waals surface area (Å²) in [5.74, 6) is 0.496. The smallest absolute Gasteiger partial charge is 0.416 e. The van der Waals surface area contributed by atoms with Gasteiger partial charge in [-0.1, -0.05) is 18.2 Å². The van der Waals surface area contributed by atoms with E-state index in [0.29, 0.717) is 22.8 Å². The van der Waals surface area contributed by atoms with Crippen LogP contribution >= 0.6 is 0 Å². The van der Waals surface area contributed by atoms with E-state index in [1.54, 1.807) is 12.1 Å². The molecule has 0 amide bonds. The first kappa shape index (κ1) is 21.1.